The van der Waals surface area contributed by atoms with Gasteiger partial charge in [0.2, 0.25) is 0 Å². The van der Waals surface area contributed by atoms with Crippen molar-refractivity contribution in [3.8, 4) is 5.75 Å². The summed E-state index contributed by atoms with van der Waals surface area (Å²) >= 11 is 3.42. The topological polar surface area (TPSA) is 55.5 Å². The van der Waals surface area contributed by atoms with Crippen LogP contribution in [0.1, 0.15) is 38.3 Å². The molecule has 110 valence electrons. The predicted molar refractivity (Wildman–Crippen MR) is 84.9 cm³/mol. The Kier molecular flexibility index (Phi) is 8.66. The van der Waals surface area contributed by atoms with Gasteiger partial charge in [-0.05, 0) is 52.4 Å². The monoisotopic (exact) mass is 351 g/mol. The number of nitrogens with two attached hydrogens (primary N) is 1. The summed E-state index contributed by atoms with van der Waals surface area (Å²) < 4.78 is 6.02. The lowest BCUT2D eigenvalue weighted by atomic mass is 9.96. The molecule has 0 aliphatic rings. The van der Waals surface area contributed by atoms with Gasteiger partial charge in [0, 0.05) is 0 Å². The molecule has 3 N–H and O–H groups in total. The van der Waals surface area contributed by atoms with Crippen molar-refractivity contribution in [3.05, 3.63) is 28.2 Å². The number of aliphatic hydroxyl groups excluding tert-OH is 1. The van der Waals surface area contributed by atoms with Crippen LogP contribution in [-0.4, -0.2) is 18.3 Å². The molecule has 0 bridgehead atoms. The third-order valence-corrected chi connectivity index (χ3v) is 3.63. The van der Waals surface area contributed by atoms with E-state index in [0.717, 1.165) is 28.6 Å². The summed E-state index contributed by atoms with van der Waals surface area (Å²) in [4.78, 5) is 0. The van der Waals surface area contributed by atoms with Crippen LogP contribution in [0, 0.1) is 5.92 Å². The van der Waals surface area contributed by atoms with E-state index in [1.165, 1.54) is 0 Å². The maximum atomic E-state index is 10.1. The number of hydrogen-bond donors (Lipinski definition) is 2. The van der Waals surface area contributed by atoms with Crippen molar-refractivity contribution in [2.45, 2.75) is 38.8 Å². The molecule has 1 aromatic carbocycles. The molecule has 0 fully saturated rings. The Labute approximate surface area is 130 Å². The van der Waals surface area contributed by atoms with Crippen molar-refractivity contribution >= 4 is 28.3 Å². The highest BCUT2D eigenvalue weighted by Crippen LogP contribution is 2.29. The number of rotatable bonds is 6. The van der Waals surface area contributed by atoms with Crippen LogP contribution in [0.2, 0.25) is 0 Å². The minimum Gasteiger partial charge on any atom is -0.496 e. The Balaban J connectivity index is 0.00000324. The second-order valence-corrected chi connectivity index (χ2v) is 5.81. The Bertz CT molecular complexity index is 388. The van der Waals surface area contributed by atoms with Crippen molar-refractivity contribution in [2.75, 3.05) is 7.11 Å². The summed E-state index contributed by atoms with van der Waals surface area (Å²) in [6.45, 7) is 4.28. The summed E-state index contributed by atoms with van der Waals surface area (Å²) in [6, 6.07) is 5.30. The van der Waals surface area contributed by atoms with Gasteiger partial charge in [-0.3, -0.25) is 0 Å². The third-order valence-electron chi connectivity index (χ3n) is 3.02. The average molecular weight is 353 g/mol. The van der Waals surface area contributed by atoms with Gasteiger partial charge < -0.3 is 15.6 Å². The lowest BCUT2D eigenvalue weighted by Crippen LogP contribution is -2.26. The van der Waals surface area contributed by atoms with Gasteiger partial charge in [-0.15, -0.1) is 12.4 Å². The van der Waals surface area contributed by atoms with Crippen molar-refractivity contribution < 1.29 is 9.84 Å². The largest absolute Gasteiger partial charge is 0.496 e. The summed E-state index contributed by atoms with van der Waals surface area (Å²) in [5, 5.41) is 10.1. The van der Waals surface area contributed by atoms with Crippen LogP contribution in [-0.2, 0) is 0 Å². The molecular formula is C14H23BrClNO2. The lowest BCUT2D eigenvalue weighted by molar-refractivity contribution is 0.128. The van der Waals surface area contributed by atoms with E-state index in [9.17, 15) is 5.11 Å². The Hall–Kier alpha value is -0.290. The van der Waals surface area contributed by atoms with E-state index >= 15 is 0 Å². The molecule has 0 spiro atoms. The zero-order valence-corrected chi connectivity index (χ0v) is 14.0. The van der Waals surface area contributed by atoms with Crippen molar-refractivity contribution in [3.63, 3.8) is 0 Å². The van der Waals surface area contributed by atoms with E-state index in [4.69, 9.17) is 10.5 Å². The molecule has 5 heteroatoms. The SMILES string of the molecule is COc1ccc([C@@H](N)[C@@H](O)CCC(C)C)cc1Br.Cl. The highest BCUT2D eigenvalue weighted by molar-refractivity contribution is 9.10. The molecule has 3 nitrogen and oxygen atoms in total. The van der Waals surface area contributed by atoms with E-state index in [0.29, 0.717) is 5.92 Å². The van der Waals surface area contributed by atoms with Gasteiger partial charge in [-0.1, -0.05) is 19.9 Å². The first-order chi connectivity index (χ1) is 8.45. The van der Waals surface area contributed by atoms with Crippen LogP contribution < -0.4 is 10.5 Å². The van der Waals surface area contributed by atoms with Gasteiger partial charge in [0.05, 0.1) is 23.7 Å². The molecule has 0 aliphatic carbocycles. The highest BCUT2D eigenvalue weighted by atomic mass is 79.9. The quantitative estimate of drug-likeness (QED) is 0.821. The first-order valence-corrected chi connectivity index (χ1v) is 7.02. The minimum atomic E-state index is -0.507. The van der Waals surface area contributed by atoms with Gasteiger partial charge in [-0.2, -0.15) is 0 Å². The second-order valence-electron chi connectivity index (χ2n) is 4.96. The van der Waals surface area contributed by atoms with Crippen molar-refractivity contribution in [1.82, 2.24) is 0 Å². The second kappa shape index (κ2) is 8.80. The number of benzene rings is 1. The van der Waals surface area contributed by atoms with Gasteiger partial charge in [0.25, 0.3) is 0 Å². The van der Waals surface area contributed by atoms with E-state index in [1.54, 1.807) is 7.11 Å². The first kappa shape index (κ1) is 18.7. The Morgan fingerprint density at radius 2 is 1.95 bits per heavy atom. The van der Waals surface area contributed by atoms with Crippen molar-refractivity contribution in [2.24, 2.45) is 11.7 Å². The fraction of sp³-hybridized carbons (Fsp3) is 0.571. The van der Waals surface area contributed by atoms with Crippen LogP contribution in [0.15, 0.2) is 22.7 Å². The molecule has 0 aliphatic heterocycles. The van der Waals surface area contributed by atoms with Gasteiger partial charge >= 0.3 is 0 Å². The van der Waals surface area contributed by atoms with E-state index in [2.05, 4.69) is 29.8 Å². The normalized spacial score (nSPS) is 13.8. The van der Waals surface area contributed by atoms with E-state index in [1.807, 2.05) is 18.2 Å². The lowest BCUT2D eigenvalue weighted by Gasteiger charge is -2.20. The zero-order chi connectivity index (χ0) is 13.7. The van der Waals surface area contributed by atoms with Gasteiger partial charge in [0.15, 0.2) is 0 Å². The average Bonchev–Trinajstić information content (AvgIpc) is 2.34. The Morgan fingerprint density at radius 1 is 1.32 bits per heavy atom. The molecule has 0 heterocycles. The molecule has 1 aromatic rings. The van der Waals surface area contributed by atoms with E-state index < -0.39 is 6.10 Å². The van der Waals surface area contributed by atoms with Crippen LogP contribution in [0.4, 0.5) is 0 Å². The molecule has 2 atom stereocenters. The fourth-order valence-corrected chi connectivity index (χ4v) is 2.35. The highest BCUT2D eigenvalue weighted by Gasteiger charge is 2.18. The predicted octanol–water partition coefficient (Wildman–Crippen LogP) is 3.68. The first-order valence-electron chi connectivity index (χ1n) is 6.22. The van der Waals surface area contributed by atoms with Gasteiger partial charge in [0.1, 0.15) is 5.75 Å². The minimum absolute atomic E-state index is 0. The van der Waals surface area contributed by atoms with Crippen LogP contribution in [0.3, 0.4) is 0 Å². The molecule has 1 rings (SSSR count). The zero-order valence-electron chi connectivity index (χ0n) is 11.6. The molecule has 0 saturated heterocycles. The number of aliphatic hydroxyl groups is 1. The van der Waals surface area contributed by atoms with Gasteiger partial charge in [-0.25, -0.2) is 0 Å². The molecule has 0 amide bonds. The number of ether oxygens (including phenoxy) is 1. The Morgan fingerprint density at radius 3 is 2.42 bits per heavy atom. The summed E-state index contributed by atoms with van der Waals surface area (Å²) in [6.07, 6.45) is 1.20. The number of hydrogen-bond acceptors (Lipinski definition) is 3. The van der Waals surface area contributed by atoms with Crippen molar-refractivity contribution in [1.29, 1.82) is 0 Å². The third kappa shape index (κ3) is 5.69. The van der Waals surface area contributed by atoms with Crippen LogP contribution in [0.25, 0.3) is 0 Å². The van der Waals surface area contributed by atoms with E-state index in [-0.39, 0.29) is 18.4 Å². The van der Waals surface area contributed by atoms with Crippen LogP contribution >= 0.6 is 28.3 Å². The molecular weight excluding hydrogens is 330 g/mol. The molecule has 0 unspecified atom stereocenters. The smallest absolute Gasteiger partial charge is 0.133 e. The summed E-state index contributed by atoms with van der Waals surface area (Å²) in [5.74, 6) is 1.34. The fourth-order valence-electron chi connectivity index (χ4n) is 1.80. The standard InChI is InChI=1S/C14H22BrNO2.ClH/c1-9(2)4-6-12(17)14(16)10-5-7-13(18-3)11(15)8-10;/h5,7-9,12,14,17H,4,6,16H2,1-3H3;1H/t12-,14+;/m0./s1. The molecule has 19 heavy (non-hydrogen) atoms. The number of halogens is 2. The molecule has 0 saturated carbocycles. The maximum Gasteiger partial charge on any atom is 0.133 e. The maximum absolute atomic E-state index is 10.1. The van der Waals surface area contributed by atoms with Crippen LogP contribution in [0.5, 0.6) is 5.75 Å². The molecule has 0 radical (unpaired) electrons. The number of methoxy groups -OCH3 is 1. The molecule has 0 aromatic heterocycles. The summed E-state index contributed by atoms with van der Waals surface area (Å²) in [7, 11) is 1.62. The summed E-state index contributed by atoms with van der Waals surface area (Å²) in [5.41, 5.74) is 6.99.